The monoisotopic (exact) mass is 265 g/mol. The Morgan fingerprint density at radius 1 is 1.63 bits per heavy atom. The standard InChI is InChI=1S/C12H19N5O2/c1-7(2)17-10(13)8(6-15-17)11(18)16-9-4-3-5-14-12(9)19/h6-7,9H,3-5,13H2,1-2H3,(H,14,19)(H,16,18)/t9-/m0/s1. The van der Waals surface area contributed by atoms with Crippen molar-refractivity contribution in [2.45, 2.75) is 38.8 Å². The molecule has 104 valence electrons. The number of carbonyl (C=O) groups excluding carboxylic acids is 2. The molecule has 19 heavy (non-hydrogen) atoms. The minimum Gasteiger partial charge on any atom is -0.383 e. The molecule has 1 aromatic heterocycles. The van der Waals surface area contributed by atoms with Gasteiger partial charge in [-0.15, -0.1) is 0 Å². The number of piperidine rings is 1. The second kappa shape index (κ2) is 5.29. The molecule has 2 rings (SSSR count). The lowest BCUT2D eigenvalue weighted by Gasteiger charge is -2.22. The molecule has 1 aliphatic heterocycles. The minimum atomic E-state index is -0.483. The number of nitrogens with two attached hydrogens (primary N) is 1. The van der Waals surface area contributed by atoms with Crippen LogP contribution < -0.4 is 16.4 Å². The number of carbonyl (C=O) groups is 2. The Labute approximate surface area is 111 Å². The van der Waals surface area contributed by atoms with E-state index >= 15 is 0 Å². The van der Waals surface area contributed by atoms with Gasteiger partial charge in [-0.2, -0.15) is 5.10 Å². The number of nitrogen functional groups attached to an aromatic ring is 1. The first kappa shape index (κ1) is 13.4. The molecule has 0 saturated carbocycles. The van der Waals surface area contributed by atoms with Crippen LogP contribution in [0.1, 0.15) is 43.1 Å². The quantitative estimate of drug-likeness (QED) is 0.718. The van der Waals surface area contributed by atoms with E-state index in [1.807, 2.05) is 13.8 Å². The van der Waals surface area contributed by atoms with E-state index in [4.69, 9.17) is 5.73 Å². The maximum absolute atomic E-state index is 12.1. The van der Waals surface area contributed by atoms with E-state index in [0.29, 0.717) is 24.3 Å². The van der Waals surface area contributed by atoms with Crippen molar-refractivity contribution < 1.29 is 9.59 Å². The van der Waals surface area contributed by atoms with Gasteiger partial charge in [0, 0.05) is 12.6 Å². The normalized spacial score (nSPS) is 19.3. The smallest absolute Gasteiger partial charge is 0.257 e. The zero-order valence-corrected chi connectivity index (χ0v) is 11.1. The topological polar surface area (TPSA) is 102 Å². The molecule has 4 N–H and O–H groups in total. The lowest BCUT2D eigenvalue weighted by Crippen LogP contribution is -2.50. The first-order valence-corrected chi connectivity index (χ1v) is 6.42. The van der Waals surface area contributed by atoms with Gasteiger partial charge in [0.2, 0.25) is 5.91 Å². The van der Waals surface area contributed by atoms with E-state index in [9.17, 15) is 9.59 Å². The number of rotatable bonds is 3. The average molecular weight is 265 g/mol. The van der Waals surface area contributed by atoms with Crippen molar-refractivity contribution in [3.63, 3.8) is 0 Å². The summed E-state index contributed by atoms with van der Waals surface area (Å²) in [5, 5.41) is 9.49. The molecule has 7 nitrogen and oxygen atoms in total. The molecule has 1 atom stereocenters. The van der Waals surface area contributed by atoms with Crippen LogP contribution in [-0.2, 0) is 4.79 Å². The second-order valence-electron chi connectivity index (χ2n) is 4.94. The van der Waals surface area contributed by atoms with Gasteiger partial charge in [0.25, 0.3) is 5.91 Å². The Balaban J connectivity index is 2.09. The summed E-state index contributed by atoms with van der Waals surface area (Å²) in [6.45, 7) is 4.53. The van der Waals surface area contributed by atoms with E-state index < -0.39 is 6.04 Å². The fourth-order valence-corrected chi connectivity index (χ4v) is 2.10. The summed E-state index contributed by atoms with van der Waals surface area (Å²) in [6.07, 6.45) is 2.94. The highest BCUT2D eigenvalue weighted by molar-refractivity contribution is 6.00. The maximum atomic E-state index is 12.1. The Hall–Kier alpha value is -2.05. The van der Waals surface area contributed by atoms with Gasteiger partial charge in [-0.05, 0) is 26.7 Å². The molecule has 2 amide bonds. The fraction of sp³-hybridized carbons (Fsp3) is 0.583. The molecule has 2 heterocycles. The molecule has 0 unspecified atom stereocenters. The molecular formula is C12H19N5O2. The number of anilines is 1. The Morgan fingerprint density at radius 3 is 2.95 bits per heavy atom. The highest BCUT2D eigenvalue weighted by atomic mass is 16.2. The Bertz CT molecular complexity index is 494. The zero-order chi connectivity index (χ0) is 14.0. The number of nitrogens with zero attached hydrogens (tertiary/aromatic N) is 2. The summed E-state index contributed by atoms with van der Waals surface area (Å²) in [5.41, 5.74) is 6.20. The van der Waals surface area contributed by atoms with Crippen molar-refractivity contribution in [3.05, 3.63) is 11.8 Å². The number of aromatic nitrogens is 2. The van der Waals surface area contributed by atoms with Gasteiger partial charge in [-0.25, -0.2) is 4.68 Å². The van der Waals surface area contributed by atoms with Crippen molar-refractivity contribution >= 4 is 17.6 Å². The lowest BCUT2D eigenvalue weighted by molar-refractivity contribution is -0.124. The number of hydrogen-bond acceptors (Lipinski definition) is 4. The number of amides is 2. The molecule has 0 aliphatic carbocycles. The van der Waals surface area contributed by atoms with Crippen LogP contribution in [0.5, 0.6) is 0 Å². The van der Waals surface area contributed by atoms with Gasteiger partial charge in [-0.1, -0.05) is 0 Å². The van der Waals surface area contributed by atoms with Gasteiger partial charge >= 0.3 is 0 Å². The third-order valence-electron chi connectivity index (χ3n) is 3.16. The van der Waals surface area contributed by atoms with Crippen LogP contribution >= 0.6 is 0 Å². The van der Waals surface area contributed by atoms with Crippen LogP contribution in [0.4, 0.5) is 5.82 Å². The summed E-state index contributed by atoms with van der Waals surface area (Å²) in [4.78, 5) is 23.7. The molecule has 1 saturated heterocycles. The fourth-order valence-electron chi connectivity index (χ4n) is 2.10. The van der Waals surface area contributed by atoms with Crippen molar-refractivity contribution in [1.29, 1.82) is 0 Å². The summed E-state index contributed by atoms with van der Waals surface area (Å²) >= 11 is 0. The van der Waals surface area contributed by atoms with E-state index in [2.05, 4.69) is 15.7 Å². The van der Waals surface area contributed by atoms with E-state index in [0.717, 1.165) is 6.42 Å². The molecule has 0 radical (unpaired) electrons. The van der Waals surface area contributed by atoms with E-state index in [1.54, 1.807) is 4.68 Å². The Morgan fingerprint density at radius 2 is 2.37 bits per heavy atom. The zero-order valence-electron chi connectivity index (χ0n) is 11.1. The van der Waals surface area contributed by atoms with Gasteiger partial charge in [0.15, 0.2) is 0 Å². The van der Waals surface area contributed by atoms with Crippen LogP contribution in [-0.4, -0.2) is 34.2 Å². The number of hydrogen-bond donors (Lipinski definition) is 3. The SMILES string of the molecule is CC(C)n1ncc(C(=O)N[C@H]2CCCNC2=O)c1N. The molecule has 0 aromatic carbocycles. The van der Waals surface area contributed by atoms with Gasteiger partial charge in [0.1, 0.15) is 17.4 Å². The molecule has 0 spiro atoms. The second-order valence-corrected chi connectivity index (χ2v) is 4.94. The van der Waals surface area contributed by atoms with Crippen LogP contribution in [0.3, 0.4) is 0 Å². The summed E-state index contributed by atoms with van der Waals surface area (Å²) in [7, 11) is 0. The highest BCUT2D eigenvalue weighted by Crippen LogP contribution is 2.16. The predicted molar refractivity (Wildman–Crippen MR) is 70.5 cm³/mol. The lowest BCUT2D eigenvalue weighted by atomic mass is 10.1. The van der Waals surface area contributed by atoms with Crippen molar-refractivity contribution in [3.8, 4) is 0 Å². The molecule has 1 aromatic rings. The molecule has 7 heteroatoms. The predicted octanol–water partition coefficient (Wildman–Crippen LogP) is 0.0546. The van der Waals surface area contributed by atoms with Crippen LogP contribution in [0.15, 0.2) is 6.20 Å². The third kappa shape index (κ3) is 2.69. The van der Waals surface area contributed by atoms with Gasteiger partial charge in [0.05, 0.1) is 6.20 Å². The highest BCUT2D eigenvalue weighted by Gasteiger charge is 2.25. The van der Waals surface area contributed by atoms with Crippen molar-refractivity contribution in [2.24, 2.45) is 0 Å². The molecular weight excluding hydrogens is 246 g/mol. The van der Waals surface area contributed by atoms with Crippen LogP contribution in [0, 0.1) is 0 Å². The third-order valence-corrected chi connectivity index (χ3v) is 3.16. The van der Waals surface area contributed by atoms with E-state index in [1.165, 1.54) is 6.20 Å². The van der Waals surface area contributed by atoms with Crippen molar-refractivity contribution in [2.75, 3.05) is 12.3 Å². The molecule has 1 aliphatic rings. The van der Waals surface area contributed by atoms with Crippen LogP contribution in [0.25, 0.3) is 0 Å². The first-order chi connectivity index (χ1) is 9.00. The molecule has 1 fully saturated rings. The van der Waals surface area contributed by atoms with Crippen LogP contribution in [0.2, 0.25) is 0 Å². The van der Waals surface area contributed by atoms with Crippen molar-refractivity contribution in [1.82, 2.24) is 20.4 Å². The summed E-state index contributed by atoms with van der Waals surface area (Å²) in [5.74, 6) is -0.176. The maximum Gasteiger partial charge on any atom is 0.257 e. The molecule has 0 bridgehead atoms. The first-order valence-electron chi connectivity index (χ1n) is 6.42. The minimum absolute atomic E-state index is 0.0829. The van der Waals surface area contributed by atoms with Gasteiger partial charge < -0.3 is 16.4 Å². The summed E-state index contributed by atoms with van der Waals surface area (Å²) in [6, 6.07) is -0.400. The average Bonchev–Trinajstić information content (AvgIpc) is 2.74. The number of nitrogens with one attached hydrogen (secondary N) is 2. The largest absolute Gasteiger partial charge is 0.383 e. The Kier molecular flexibility index (Phi) is 3.73. The van der Waals surface area contributed by atoms with E-state index in [-0.39, 0.29) is 17.9 Å². The summed E-state index contributed by atoms with van der Waals surface area (Å²) < 4.78 is 1.58. The van der Waals surface area contributed by atoms with Gasteiger partial charge in [-0.3, -0.25) is 9.59 Å².